The molecule has 0 aromatic heterocycles. The zero-order valence-corrected chi connectivity index (χ0v) is 12.9. The van der Waals surface area contributed by atoms with Crippen molar-refractivity contribution >= 4 is 43.5 Å². The van der Waals surface area contributed by atoms with Gasteiger partial charge >= 0.3 is 0 Å². The number of rotatable bonds is 3. The van der Waals surface area contributed by atoms with Crippen molar-refractivity contribution < 1.29 is 13.2 Å². The summed E-state index contributed by atoms with van der Waals surface area (Å²) in [6.45, 7) is 3.57. The van der Waals surface area contributed by atoms with Crippen molar-refractivity contribution in [3.8, 4) is 0 Å². The van der Waals surface area contributed by atoms with Gasteiger partial charge in [0.05, 0.1) is 15.5 Å². The third-order valence-corrected chi connectivity index (χ3v) is 4.17. The summed E-state index contributed by atoms with van der Waals surface area (Å²) in [5.41, 5.74) is 0.0672. The van der Waals surface area contributed by atoms with Crippen molar-refractivity contribution in [2.45, 2.75) is 24.8 Å². The van der Waals surface area contributed by atoms with E-state index in [0.717, 1.165) is 6.07 Å². The van der Waals surface area contributed by atoms with E-state index in [2.05, 4.69) is 21.2 Å². The number of hydrogen-bond acceptors (Lipinski definition) is 3. The van der Waals surface area contributed by atoms with Gasteiger partial charge in [0.2, 0.25) is 10.0 Å². The lowest BCUT2D eigenvalue weighted by Gasteiger charge is -2.11. The van der Waals surface area contributed by atoms with Crippen LogP contribution in [-0.2, 0) is 10.0 Å². The molecule has 5 nitrogen and oxygen atoms in total. The van der Waals surface area contributed by atoms with Crippen LogP contribution >= 0.6 is 27.5 Å². The summed E-state index contributed by atoms with van der Waals surface area (Å²) in [5, 5.41) is 7.81. The SMILES string of the molecule is CC(C)NC(=O)c1cc(S(N)(=O)=O)c(Br)cc1Cl. The largest absolute Gasteiger partial charge is 0.350 e. The Balaban J connectivity index is 3.34. The quantitative estimate of drug-likeness (QED) is 0.867. The number of carbonyl (C=O) groups is 1. The Kier molecular flexibility index (Phi) is 4.77. The van der Waals surface area contributed by atoms with Gasteiger partial charge in [0, 0.05) is 10.5 Å². The van der Waals surface area contributed by atoms with E-state index in [1.807, 2.05) is 0 Å². The number of primary sulfonamides is 1. The maximum atomic E-state index is 11.8. The molecule has 0 heterocycles. The smallest absolute Gasteiger partial charge is 0.253 e. The molecule has 0 bridgehead atoms. The van der Waals surface area contributed by atoms with E-state index in [1.54, 1.807) is 13.8 Å². The van der Waals surface area contributed by atoms with Crippen LogP contribution in [0.15, 0.2) is 21.5 Å². The summed E-state index contributed by atoms with van der Waals surface area (Å²) in [4.78, 5) is 11.6. The second kappa shape index (κ2) is 5.56. The van der Waals surface area contributed by atoms with Gasteiger partial charge in [0.1, 0.15) is 0 Å². The zero-order valence-electron chi connectivity index (χ0n) is 9.70. The molecule has 0 spiro atoms. The Labute approximate surface area is 119 Å². The fourth-order valence-corrected chi connectivity index (χ4v) is 3.28. The number of carbonyl (C=O) groups excluding carboxylic acids is 1. The van der Waals surface area contributed by atoms with Gasteiger partial charge in [-0.25, -0.2) is 13.6 Å². The van der Waals surface area contributed by atoms with Gasteiger partial charge in [-0.15, -0.1) is 0 Å². The molecule has 1 aromatic carbocycles. The van der Waals surface area contributed by atoms with E-state index in [9.17, 15) is 13.2 Å². The lowest BCUT2D eigenvalue weighted by atomic mass is 10.2. The zero-order chi connectivity index (χ0) is 14.1. The monoisotopic (exact) mass is 354 g/mol. The number of hydrogen-bond donors (Lipinski definition) is 2. The number of benzene rings is 1. The molecule has 0 unspecified atom stereocenters. The summed E-state index contributed by atoms with van der Waals surface area (Å²) in [6, 6.07) is 2.39. The molecule has 1 aromatic rings. The fourth-order valence-electron chi connectivity index (χ4n) is 1.26. The minimum Gasteiger partial charge on any atom is -0.350 e. The van der Waals surface area contributed by atoms with Gasteiger partial charge in [-0.05, 0) is 41.9 Å². The van der Waals surface area contributed by atoms with Crippen LogP contribution < -0.4 is 10.5 Å². The van der Waals surface area contributed by atoms with Crippen LogP contribution in [-0.4, -0.2) is 20.4 Å². The molecule has 0 aliphatic heterocycles. The standard InChI is InChI=1S/C10H12BrClN2O3S/c1-5(2)14-10(15)6-3-9(18(13,16)17)7(11)4-8(6)12/h3-5H,1-2H3,(H,14,15)(H2,13,16,17). The second-order valence-electron chi connectivity index (χ2n) is 3.94. The van der Waals surface area contributed by atoms with E-state index < -0.39 is 15.9 Å². The summed E-state index contributed by atoms with van der Waals surface area (Å²) in [6.07, 6.45) is 0. The molecular formula is C10H12BrClN2O3S. The average Bonchev–Trinajstić information content (AvgIpc) is 2.13. The Morgan fingerprint density at radius 1 is 1.44 bits per heavy atom. The number of sulfonamides is 1. The number of amides is 1. The van der Waals surface area contributed by atoms with Gasteiger partial charge in [-0.1, -0.05) is 11.6 Å². The molecule has 0 saturated carbocycles. The third-order valence-electron chi connectivity index (χ3n) is 1.99. The van der Waals surface area contributed by atoms with Crippen molar-refractivity contribution in [2.24, 2.45) is 5.14 Å². The molecular weight excluding hydrogens is 344 g/mol. The Morgan fingerprint density at radius 3 is 2.44 bits per heavy atom. The van der Waals surface area contributed by atoms with Gasteiger partial charge in [-0.3, -0.25) is 4.79 Å². The minimum absolute atomic E-state index is 0.0672. The highest BCUT2D eigenvalue weighted by Gasteiger charge is 2.19. The Hall–Kier alpha value is -0.630. The maximum Gasteiger partial charge on any atom is 0.253 e. The van der Waals surface area contributed by atoms with Crippen molar-refractivity contribution in [3.05, 3.63) is 27.2 Å². The van der Waals surface area contributed by atoms with Crippen LogP contribution in [0.25, 0.3) is 0 Å². The van der Waals surface area contributed by atoms with Crippen molar-refractivity contribution in [3.63, 3.8) is 0 Å². The lowest BCUT2D eigenvalue weighted by Crippen LogP contribution is -2.30. The number of nitrogens with one attached hydrogen (secondary N) is 1. The van der Waals surface area contributed by atoms with Crippen LogP contribution in [0.4, 0.5) is 0 Å². The molecule has 100 valence electrons. The van der Waals surface area contributed by atoms with E-state index in [0.29, 0.717) is 0 Å². The van der Waals surface area contributed by atoms with Crippen LogP contribution in [0.2, 0.25) is 5.02 Å². The molecule has 1 amide bonds. The average molecular weight is 356 g/mol. The molecule has 18 heavy (non-hydrogen) atoms. The Morgan fingerprint density at radius 2 is 2.00 bits per heavy atom. The predicted molar refractivity (Wildman–Crippen MR) is 73.1 cm³/mol. The first-order chi connectivity index (χ1) is 8.12. The summed E-state index contributed by atoms with van der Waals surface area (Å²) in [5.74, 6) is -0.451. The van der Waals surface area contributed by atoms with Crippen molar-refractivity contribution in [1.29, 1.82) is 0 Å². The van der Waals surface area contributed by atoms with Crippen LogP contribution in [0.3, 0.4) is 0 Å². The molecule has 0 atom stereocenters. The summed E-state index contributed by atoms with van der Waals surface area (Å²) >= 11 is 8.95. The van der Waals surface area contributed by atoms with Gasteiger partial charge in [-0.2, -0.15) is 0 Å². The highest BCUT2D eigenvalue weighted by atomic mass is 79.9. The number of nitrogens with two attached hydrogens (primary N) is 1. The lowest BCUT2D eigenvalue weighted by molar-refractivity contribution is 0.0943. The van der Waals surface area contributed by atoms with E-state index in [1.165, 1.54) is 6.07 Å². The van der Waals surface area contributed by atoms with Gasteiger partial charge in [0.25, 0.3) is 5.91 Å². The van der Waals surface area contributed by atoms with E-state index in [-0.39, 0.29) is 26.0 Å². The molecule has 8 heteroatoms. The topological polar surface area (TPSA) is 89.3 Å². The summed E-state index contributed by atoms with van der Waals surface area (Å²) < 4.78 is 22.9. The van der Waals surface area contributed by atoms with Gasteiger partial charge < -0.3 is 5.32 Å². The fraction of sp³-hybridized carbons (Fsp3) is 0.300. The first-order valence-electron chi connectivity index (χ1n) is 4.95. The molecule has 0 aliphatic rings. The first-order valence-corrected chi connectivity index (χ1v) is 7.67. The molecule has 1 rings (SSSR count). The predicted octanol–water partition coefficient (Wildman–Crippen LogP) is 1.89. The molecule has 3 N–H and O–H groups in total. The van der Waals surface area contributed by atoms with Crippen LogP contribution in [0.5, 0.6) is 0 Å². The first kappa shape index (κ1) is 15.4. The van der Waals surface area contributed by atoms with Crippen molar-refractivity contribution in [1.82, 2.24) is 5.32 Å². The molecule has 0 fully saturated rings. The van der Waals surface area contributed by atoms with Crippen LogP contribution in [0, 0.1) is 0 Å². The molecule has 0 aliphatic carbocycles. The Bertz CT molecular complexity index is 587. The van der Waals surface area contributed by atoms with E-state index >= 15 is 0 Å². The maximum absolute atomic E-state index is 11.8. The highest BCUT2D eigenvalue weighted by Crippen LogP contribution is 2.28. The normalized spacial score (nSPS) is 11.7. The van der Waals surface area contributed by atoms with E-state index in [4.69, 9.17) is 16.7 Å². The number of halogens is 2. The second-order valence-corrected chi connectivity index (χ2v) is 6.73. The van der Waals surface area contributed by atoms with Gasteiger partial charge in [0.15, 0.2) is 0 Å². The molecule has 0 radical (unpaired) electrons. The third kappa shape index (κ3) is 3.68. The molecule has 0 saturated heterocycles. The van der Waals surface area contributed by atoms with Crippen LogP contribution in [0.1, 0.15) is 24.2 Å². The highest BCUT2D eigenvalue weighted by molar-refractivity contribution is 9.10. The van der Waals surface area contributed by atoms with Crippen molar-refractivity contribution in [2.75, 3.05) is 0 Å². The summed E-state index contributed by atoms with van der Waals surface area (Å²) in [7, 11) is -3.92. The minimum atomic E-state index is -3.92.